The number of ether oxygens (including phenoxy) is 1. The molecular formula is C18H20NO4S-. The first kappa shape index (κ1) is 18.1. The number of carboxylic acids is 1. The number of benzene rings is 1. The molecule has 0 atom stereocenters. The number of nitrogens with zero attached hydrogens (tertiary/aromatic N) is 1. The van der Waals surface area contributed by atoms with Crippen LogP contribution in [0.25, 0.3) is 0 Å². The lowest BCUT2D eigenvalue weighted by atomic mass is 9.82. The number of carbonyl (C=O) groups is 2. The molecule has 0 unspecified atom stereocenters. The zero-order valence-corrected chi connectivity index (χ0v) is 15.0. The van der Waals surface area contributed by atoms with Crippen molar-refractivity contribution in [1.82, 2.24) is 4.98 Å². The predicted octanol–water partition coefficient (Wildman–Crippen LogP) is 2.76. The highest BCUT2D eigenvalue weighted by Crippen LogP contribution is 2.28. The molecule has 2 rings (SSSR count). The lowest BCUT2D eigenvalue weighted by Gasteiger charge is -2.23. The predicted molar refractivity (Wildman–Crippen MR) is 90.8 cm³/mol. The SMILES string of the molecule is CCC(C)(C)c1ccc(OCC(=O)c2nc(C)c(C(=O)[O-])s2)cc1. The summed E-state index contributed by atoms with van der Waals surface area (Å²) in [6.07, 6.45) is 1.02. The first-order valence-electron chi connectivity index (χ1n) is 7.70. The van der Waals surface area contributed by atoms with Gasteiger partial charge >= 0.3 is 0 Å². The summed E-state index contributed by atoms with van der Waals surface area (Å²) in [6, 6.07) is 7.65. The van der Waals surface area contributed by atoms with Crippen molar-refractivity contribution in [1.29, 1.82) is 0 Å². The summed E-state index contributed by atoms with van der Waals surface area (Å²) in [4.78, 5) is 26.9. The third-order valence-corrected chi connectivity index (χ3v) is 5.29. The van der Waals surface area contributed by atoms with Crippen LogP contribution in [0.3, 0.4) is 0 Å². The molecule has 0 saturated heterocycles. The second-order valence-corrected chi connectivity index (χ2v) is 7.19. The van der Waals surface area contributed by atoms with Crippen LogP contribution in [0.15, 0.2) is 24.3 Å². The van der Waals surface area contributed by atoms with Crippen LogP contribution in [0, 0.1) is 6.92 Å². The van der Waals surface area contributed by atoms with Crippen LogP contribution in [0.5, 0.6) is 5.75 Å². The maximum Gasteiger partial charge on any atom is 0.228 e. The second-order valence-electron chi connectivity index (χ2n) is 6.19. The molecular weight excluding hydrogens is 326 g/mol. The van der Waals surface area contributed by atoms with Crippen molar-refractivity contribution in [3.8, 4) is 5.75 Å². The van der Waals surface area contributed by atoms with Gasteiger partial charge in [0.2, 0.25) is 5.78 Å². The van der Waals surface area contributed by atoms with Gasteiger partial charge in [-0.25, -0.2) is 4.98 Å². The topological polar surface area (TPSA) is 79.3 Å². The number of hydrogen-bond donors (Lipinski definition) is 0. The van der Waals surface area contributed by atoms with Crippen molar-refractivity contribution < 1.29 is 19.4 Å². The normalized spacial score (nSPS) is 11.3. The van der Waals surface area contributed by atoms with Gasteiger partial charge in [0, 0.05) is 0 Å². The lowest BCUT2D eigenvalue weighted by Crippen LogP contribution is -2.21. The van der Waals surface area contributed by atoms with E-state index in [1.54, 1.807) is 0 Å². The molecule has 0 fully saturated rings. The van der Waals surface area contributed by atoms with Gasteiger partial charge in [-0.15, -0.1) is 11.3 Å². The quantitative estimate of drug-likeness (QED) is 0.720. The van der Waals surface area contributed by atoms with Gasteiger partial charge in [-0.2, -0.15) is 0 Å². The summed E-state index contributed by atoms with van der Waals surface area (Å²) in [5, 5.41) is 11.0. The molecule has 2 aromatic rings. The molecule has 1 heterocycles. The molecule has 0 saturated carbocycles. The maximum absolute atomic E-state index is 12.1. The van der Waals surface area contributed by atoms with Crippen LogP contribution in [-0.4, -0.2) is 23.3 Å². The van der Waals surface area contributed by atoms with E-state index in [-0.39, 0.29) is 33.4 Å². The summed E-state index contributed by atoms with van der Waals surface area (Å²) in [5.74, 6) is -1.08. The van der Waals surface area contributed by atoms with E-state index in [1.165, 1.54) is 12.5 Å². The maximum atomic E-state index is 12.1. The average molecular weight is 346 g/mol. The minimum atomic E-state index is -1.32. The summed E-state index contributed by atoms with van der Waals surface area (Å²) in [7, 11) is 0. The number of hydrogen-bond acceptors (Lipinski definition) is 6. The summed E-state index contributed by atoms with van der Waals surface area (Å²) < 4.78 is 5.49. The first-order valence-corrected chi connectivity index (χ1v) is 8.51. The number of carboxylic acid groups (broad SMARTS) is 1. The Hall–Kier alpha value is -2.21. The van der Waals surface area contributed by atoms with Gasteiger partial charge in [-0.1, -0.05) is 32.9 Å². The molecule has 0 aliphatic carbocycles. The smallest absolute Gasteiger partial charge is 0.228 e. The Labute approximate surface area is 145 Å². The van der Waals surface area contributed by atoms with E-state index < -0.39 is 5.97 Å². The zero-order chi connectivity index (χ0) is 17.9. The molecule has 0 N–H and O–H groups in total. The Balaban J connectivity index is 2.02. The highest BCUT2D eigenvalue weighted by atomic mass is 32.1. The number of carbonyl (C=O) groups excluding carboxylic acids is 2. The monoisotopic (exact) mass is 346 g/mol. The first-order chi connectivity index (χ1) is 11.2. The Bertz CT molecular complexity index is 747. The third-order valence-electron chi connectivity index (χ3n) is 4.11. The van der Waals surface area contributed by atoms with Crippen LogP contribution in [-0.2, 0) is 5.41 Å². The van der Waals surface area contributed by atoms with Gasteiger partial charge in [-0.05, 0) is 36.5 Å². The van der Waals surface area contributed by atoms with Crippen LogP contribution in [0.4, 0.5) is 0 Å². The van der Waals surface area contributed by atoms with Gasteiger partial charge in [0.15, 0.2) is 11.6 Å². The summed E-state index contributed by atoms with van der Waals surface area (Å²) >= 11 is 0.817. The minimum Gasteiger partial charge on any atom is -0.544 e. The third kappa shape index (κ3) is 4.00. The van der Waals surface area contributed by atoms with Crippen LogP contribution in [0.1, 0.15) is 57.9 Å². The largest absolute Gasteiger partial charge is 0.544 e. The van der Waals surface area contributed by atoms with Gasteiger partial charge in [0.05, 0.1) is 16.5 Å². The van der Waals surface area contributed by atoms with E-state index in [1.807, 2.05) is 24.3 Å². The van der Waals surface area contributed by atoms with Crippen molar-refractivity contribution in [2.24, 2.45) is 0 Å². The van der Waals surface area contributed by atoms with E-state index in [0.29, 0.717) is 5.75 Å². The number of thiazole rings is 1. The van der Waals surface area contributed by atoms with Crippen LogP contribution >= 0.6 is 11.3 Å². The lowest BCUT2D eigenvalue weighted by molar-refractivity contribution is -0.254. The van der Waals surface area contributed by atoms with E-state index in [9.17, 15) is 14.7 Å². The molecule has 128 valence electrons. The van der Waals surface area contributed by atoms with E-state index in [2.05, 4.69) is 25.8 Å². The van der Waals surface area contributed by atoms with Crippen molar-refractivity contribution >= 4 is 23.1 Å². The fourth-order valence-electron chi connectivity index (χ4n) is 2.12. The number of ketones is 1. The van der Waals surface area contributed by atoms with Gasteiger partial charge in [0.1, 0.15) is 5.75 Å². The van der Waals surface area contributed by atoms with E-state index in [0.717, 1.165) is 17.8 Å². The van der Waals surface area contributed by atoms with Gasteiger partial charge < -0.3 is 14.6 Å². The minimum absolute atomic E-state index is 0.0236. The fraction of sp³-hybridized carbons (Fsp3) is 0.389. The fourth-order valence-corrected chi connectivity index (χ4v) is 2.95. The number of aromatic nitrogens is 1. The average Bonchev–Trinajstić information content (AvgIpc) is 2.95. The molecule has 1 aromatic carbocycles. The summed E-state index contributed by atoms with van der Waals surface area (Å²) in [6.45, 7) is 7.83. The molecule has 1 aromatic heterocycles. The molecule has 24 heavy (non-hydrogen) atoms. The van der Waals surface area contributed by atoms with Gasteiger partial charge in [-0.3, -0.25) is 4.79 Å². The van der Waals surface area contributed by atoms with Crippen LogP contribution < -0.4 is 9.84 Å². The number of rotatable bonds is 7. The molecule has 0 bridgehead atoms. The van der Waals surface area contributed by atoms with Gasteiger partial charge in [0.25, 0.3) is 0 Å². The molecule has 6 heteroatoms. The Morgan fingerprint density at radius 2 is 1.88 bits per heavy atom. The molecule has 0 aliphatic rings. The zero-order valence-electron chi connectivity index (χ0n) is 14.2. The standard InChI is InChI=1S/C18H21NO4S/c1-5-18(3,4)12-6-8-13(9-7-12)23-10-14(20)16-19-11(2)15(24-16)17(21)22/h6-9H,5,10H2,1-4H3,(H,21,22)/p-1. The molecule has 0 amide bonds. The van der Waals surface area contributed by atoms with Crippen LogP contribution in [0.2, 0.25) is 0 Å². The van der Waals surface area contributed by atoms with E-state index >= 15 is 0 Å². The highest BCUT2D eigenvalue weighted by molar-refractivity contribution is 7.15. The molecule has 5 nitrogen and oxygen atoms in total. The van der Waals surface area contributed by atoms with Crippen molar-refractivity contribution in [2.75, 3.05) is 6.61 Å². The van der Waals surface area contributed by atoms with Crippen molar-refractivity contribution in [3.63, 3.8) is 0 Å². The van der Waals surface area contributed by atoms with E-state index in [4.69, 9.17) is 4.74 Å². The molecule has 0 aliphatic heterocycles. The molecule has 0 radical (unpaired) electrons. The van der Waals surface area contributed by atoms with Crippen molar-refractivity contribution in [2.45, 2.75) is 39.5 Å². The number of aryl methyl sites for hydroxylation is 1. The molecule has 0 spiro atoms. The van der Waals surface area contributed by atoms with Crippen molar-refractivity contribution in [3.05, 3.63) is 45.4 Å². The number of aromatic carboxylic acids is 1. The Kier molecular flexibility index (Phi) is 5.39. The second kappa shape index (κ2) is 7.13. The Morgan fingerprint density at radius 3 is 2.38 bits per heavy atom. The highest BCUT2D eigenvalue weighted by Gasteiger charge is 2.18. The number of Topliss-reactive ketones (excluding diaryl/α,β-unsaturated/α-hetero) is 1. The Morgan fingerprint density at radius 1 is 1.25 bits per heavy atom. The summed E-state index contributed by atoms with van der Waals surface area (Å²) in [5.41, 5.74) is 1.58.